The van der Waals surface area contributed by atoms with Gasteiger partial charge in [-0.3, -0.25) is 4.79 Å². The number of furan rings is 1. The molecule has 2 aromatic rings. The summed E-state index contributed by atoms with van der Waals surface area (Å²) in [6.45, 7) is 0. The molecule has 1 aromatic heterocycles. The van der Waals surface area contributed by atoms with E-state index in [4.69, 9.17) is 15.3 Å². The maximum absolute atomic E-state index is 10.8. The number of aliphatic hydroxyl groups excluding tert-OH is 2. The Hall–Kier alpha value is -2.38. The molecule has 0 spiro atoms. The van der Waals surface area contributed by atoms with Gasteiger partial charge in [0, 0.05) is 5.39 Å². The van der Waals surface area contributed by atoms with Crippen molar-refractivity contribution < 1.29 is 29.3 Å². The van der Waals surface area contributed by atoms with Crippen LogP contribution in [-0.2, 0) is 4.79 Å². The van der Waals surface area contributed by atoms with Crippen LogP contribution in [-0.4, -0.2) is 33.3 Å². The Balaban J connectivity index is 2.31. The van der Waals surface area contributed by atoms with Gasteiger partial charge in [-0.05, 0) is 23.8 Å². The number of carbonyl (C=O) groups excluding carboxylic acids is 1. The van der Waals surface area contributed by atoms with Gasteiger partial charge in [-0.2, -0.15) is 0 Å². The van der Waals surface area contributed by atoms with Crippen molar-refractivity contribution in [1.82, 2.24) is 0 Å². The minimum absolute atomic E-state index is 0.218. The summed E-state index contributed by atoms with van der Waals surface area (Å²) < 4.78 is 5.07. The van der Waals surface area contributed by atoms with Gasteiger partial charge in [-0.25, -0.2) is 4.79 Å². The second kappa shape index (κ2) is 5.32. The number of primary amides is 1. The number of aromatic carboxylic acids is 1. The molecule has 1 amide bonds. The minimum Gasteiger partial charge on any atom is -0.475 e. The van der Waals surface area contributed by atoms with Crippen LogP contribution in [0.1, 0.15) is 28.6 Å². The van der Waals surface area contributed by atoms with Gasteiger partial charge in [0.25, 0.3) is 0 Å². The first-order valence-electron chi connectivity index (χ1n) is 5.79. The first kappa shape index (κ1) is 14.0. The van der Waals surface area contributed by atoms with E-state index in [1.54, 1.807) is 0 Å². The normalized spacial score (nSPS) is 14.1. The second-order valence-electron chi connectivity index (χ2n) is 4.40. The van der Waals surface area contributed by atoms with E-state index in [1.807, 2.05) is 0 Å². The first-order chi connectivity index (χ1) is 9.38. The van der Waals surface area contributed by atoms with Crippen molar-refractivity contribution in [2.75, 3.05) is 0 Å². The quantitative estimate of drug-likeness (QED) is 0.626. The lowest BCUT2D eigenvalue weighted by atomic mass is 10.0. The van der Waals surface area contributed by atoms with Crippen molar-refractivity contribution in [3.8, 4) is 0 Å². The lowest BCUT2D eigenvalue weighted by Gasteiger charge is -2.16. The fourth-order valence-electron chi connectivity index (χ4n) is 1.89. The lowest BCUT2D eigenvalue weighted by Crippen LogP contribution is -2.25. The molecule has 0 aliphatic carbocycles. The SMILES string of the molecule is NC(=O)CC(O)C(O)c1ccc2oc(C(=O)O)cc2c1. The van der Waals surface area contributed by atoms with Gasteiger partial charge in [-0.15, -0.1) is 0 Å². The van der Waals surface area contributed by atoms with Gasteiger partial charge < -0.3 is 25.5 Å². The third-order valence-corrected chi connectivity index (χ3v) is 2.87. The molecule has 2 unspecified atom stereocenters. The first-order valence-corrected chi connectivity index (χ1v) is 5.79. The smallest absolute Gasteiger partial charge is 0.371 e. The third-order valence-electron chi connectivity index (χ3n) is 2.87. The zero-order valence-electron chi connectivity index (χ0n) is 10.3. The topological polar surface area (TPSA) is 134 Å². The number of carboxylic acids is 1. The number of hydrogen-bond donors (Lipinski definition) is 4. The molecule has 0 bridgehead atoms. The molecule has 1 heterocycles. The number of fused-ring (bicyclic) bond motifs is 1. The van der Waals surface area contributed by atoms with E-state index in [0.29, 0.717) is 16.5 Å². The Morgan fingerprint density at radius 1 is 1.25 bits per heavy atom. The number of benzene rings is 1. The fourth-order valence-corrected chi connectivity index (χ4v) is 1.89. The Labute approximate surface area is 113 Å². The van der Waals surface area contributed by atoms with E-state index < -0.39 is 24.1 Å². The molecular formula is C13H13NO6. The number of carbonyl (C=O) groups is 2. The highest BCUT2D eigenvalue weighted by molar-refractivity contribution is 5.91. The van der Waals surface area contributed by atoms with E-state index >= 15 is 0 Å². The molecule has 0 radical (unpaired) electrons. The summed E-state index contributed by atoms with van der Waals surface area (Å²) in [5.74, 6) is -2.14. The number of hydrogen-bond acceptors (Lipinski definition) is 5. The van der Waals surface area contributed by atoms with E-state index in [0.717, 1.165) is 0 Å². The molecule has 0 aliphatic heterocycles. The van der Waals surface area contributed by atoms with E-state index in [2.05, 4.69) is 0 Å². The largest absolute Gasteiger partial charge is 0.475 e. The predicted octanol–water partition coefficient (Wildman–Crippen LogP) is 0.401. The summed E-state index contributed by atoms with van der Waals surface area (Å²) >= 11 is 0. The van der Waals surface area contributed by atoms with Crippen LogP contribution < -0.4 is 5.73 Å². The highest BCUT2D eigenvalue weighted by Gasteiger charge is 2.21. The van der Waals surface area contributed by atoms with Crippen LogP contribution in [0.15, 0.2) is 28.7 Å². The number of aliphatic hydroxyl groups is 2. The van der Waals surface area contributed by atoms with E-state index in [-0.39, 0.29) is 12.2 Å². The van der Waals surface area contributed by atoms with Crippen LogP contribution in [0, 0.1) is 0 Å². The molecule has 5 N–H and O–H groups in total. The summed E-state index contributed by atoms with van der Waals surface area (Å²) in [4.78, 5) is 21.5. The Bertz CT molecular complexity index is 662. The van der Waals surface area contributed by atoms with Gasteiger partial charge >= 0.3 is 5.97 Å². The summed E-state index contributed by atoms with van der Waals surface area (Å²) in [7, 11) is 0. The van der Waals surface area contributed by atoms with Gasteiger partial charge in [0.15, 0.2) is 0 Å². The summed E-state index contributed by atoms with van der Waals surface area (Å²) in [6.07, 6.45) is -2.99. The highest BCUT2D eigenvalue weighted by Crippen LogP contribution is 2.26. The van der Waals surface area contributed by atoms with Crippen molar-refractivity contribution in [1.29, 1.82) is 0 Å². The molecule has 20 heavy (non-hydrogen) atoms. The summed E-state index contributed by atoms with van der Waals surface area (Å²) in [6, 6.07) is 5.76. The predicted molar refractivity (Wildman–Crippen MR) is 68.0 cm³/mol. The number of carboxylic acid groups (broad SMARTS) is 1. The summed E-state index contributed by atoms with van der Waals surface area (Å²) in [5.41, 5.74) is 5.63. The van der Waals surface area contributed by atoms with Crippen LogP contribution in [0.3, 0.4) is 0 Å². The number of nitrogens with two attached hydrogens (primary N) is 1. The molecule has 0 fully saturated rings. The molecule has 1 aromatic carbocycles. The highest BCUT2D eigenvalue weighted by atomic mass is 16.4. The maximum Gasteiger partial charge on any atom is 0.371 e. The van der Waals surface area contributed by atoms with E-state index in [9.17, 15) is 19.8 Å². The van der Waals surface area contributed by atoms with Gasteiger partial charge in [0.05, 0.1) is 12.5 Å². The molecule has 2 rings (SSSR count). The van der Waals surface area contributed by atoms with E-state index in [1.165, 1.54) is 24.3 Å². The molecular weight excluding hydrogens is 266 g/mol. The second-order valence-corrected chi connectivity index (χ2v) is 4.40. The van der Waals surface area contributed by atoms with Crippen molar-refractivity contribution in [3.05, 3.63) is 35.6 Å². The molecule has 7 heteroatoms. The fraction of sp³-hybridized carbons (Fsp3) is 0.231. The van der Waals surface area contributed by atoms with Gasteiger partial charge in [0.2, 0.25) is 11.7 Å². The lowest BCUT2D eigenvalue weighted by molar-refractivity contribution is -0.121. The van der Waals surface area contributed by atoms with Crippen LogP contribution in [0.25, 0.3) is 11.0 Å². The molecule has 0 saturated carbocycles. The zero-order valence-corrected chi connectivity index (χ0v) is 10.3. The average Bonchev–Trinajstić information content (AvgIpc) is 2.79. The molecule has 106 valence electrons. The number of amides is 1. The van der Waals surface area contributed by atoms with Crippen LogP contribution in [0.5, 0.6) is 0 Å². The molecule has 7 nitrogen and oxygen atoms in total. The zero-order chi connectivity index (χ0) is 14.9. The molecule has 0 aliphatic rings. The van der Waals surface area contributed by atoms with Crippen LogP contribution in [0.2, 0.25) is 0 Å². The van der Waals surface area contributed by atoms with Gasteiger partial charge in [0.1, 0.15) is 11.7 Å². The van der Waals surface area contributed by atoms with Crippen molar-refractivity contribution in [2.24, 2.45) is 5.73 Å². The van der Waals surface area contributed by atoms with Crippen LogP contribution >= 0.6 is 0 Å². The Morgan fingerprint density at radius 2 is 1.95 bits per heavy atom. The van der Waals surface area contributed by atoms with Crippen molar-refractivity contribution in [3.63, 3.8) is 0 Å². The summed E-state index contributed by atoms with van der Waals surface area (Å²) in [5, 5.41) is 28.8. The van der Waals surface area contributed by atoms with Gasteiger partial charge in [-0.1, -0.05) is 6.07 Å². The number of rotatable bonds is 5. The average molecular weight is 279 g/mol. The standard InChI is InChI=1S/C13H13NO6/c14-11(16)5-8(15)12(17)6-1-2-9-7(3-6)4-10(20-9)13(18)19/h1-4,8,12,15,17H,5H2,(H2,14,16)(H,18,19). The minimum atomic E-state index is -1.32. The third kappa shape index (κ3) is 2.79. The monoisotopic (exact) mass is 279 g/mol. The Morgan fingerprint density at radius 3 is 2.55 bits per heavy atom. The maximum atomic E-state index is 10.8. The molecule has 2 atom stereocenters. The van der Waals surface area contributed by atoms with Crippen LogP contribution in [0.4, 0.5) is 0 Å². The van der Waals surface area contributed by atoms with Crippen molar-refractivity contribution in [2.45, 2.75) is 18.6 Å². The Kier molecular flexibility index (Phi) is 3.73. The molecule has 0 saturated heterocycles. The van der Waals surface area contributed by atoms with Crippen molar-refractivity contribution >= 4 is 22.8 Å².